The van der Waals surface area contributed by atoms with Crippen LogP contribution in [0.25, 0.3) is 5.52 Å². The van der Waals surface area contributed by atoms with Gasteiger partial charge in [-0.1, -0.05) is 0 Å². The molecule has 2 aromatic heterocycles. The lowest BCUT2D eigenvalue weighted by Gasteiger charge is -2.35. The number of nitrogens with zero attached hydrogens (tertiary/aromatic N) is 5. The van der Waals surface area contributed by atoms with E-state index in [0.29, 0.717) is 26.2 Å². The van der Waals surface area contributed by atoms with E-state index in [1.54, 1.807) is 11.1 Å². The van der Waals surface area contributed by atoms with Crippen molar-refractivity contribution in [3.63, 3.8) is 0 Å². The van der Waals surface area contributed by atoms with Crippen molar-refractivity contribution in [2.24, 2.45) is 0 Å². The predicted octanol–water partition coefficient (Wildman–Crippen LogP) is 0.613. The lowest BCUT2D eigenvalue weighted by molar-refractivity contribution is -0.139. The minimum absolute atomic E-state index is 0.113. The number of aryl methyl sites for hydroxylation is 2. The van der Waals surface area contributed by atoms with Gasteiger partial charge in [-0.25, -0.2) is 14.3 Å². The Morgan fingerprint density at radius 1 is 1.19 bits per heavy atom. The van der Waals surface area contributed by atoms with Crippen molar-refractivity contribution in [1.29, 1.82) is 0 Å². The molecule has 2 aliphatic rings. The van der Waals surface area contributed by atoms with Crippen molar-refractivity contribution in [2.45, 2.75) is 25.7 Å². The van der Waals surface area contributed by atoms with Gasteiger partial charge >= 0.3 is 12.0 Å². The first kappa shape index (κ1) is 17.6. The number of ether oxygens (including phenoxy) is 1. The fourth-order valence-corrected chi connectivity index (χ4v) is 3.83. The van der Waals surface area contributed by atoms with E-state index in [-0.39, 0.29) is 12.6 Å². The van der Waals surface area contributed by atoms with Crippen LogP contribution < -0.4 is 10.2 Å². The summed E-state index contributed by atoms with van der Waals surface area (Å²) in [5, 5.41) is 7.32. The van der Waals surface area contributed by atoms with Gasteiger partial charge in [0.2, 0.25) is 0 Å². The normalized spacial score (nSPS) is 16.9. The predicted molar refractivity (Wildman–Crippen MR) is 98.8 cm³/mol. The number of amides is 2. The molecule has 0 bridgehead atoms. The summed E-state index contributed by atoms with van der Waals surface area (Å²) < 4.78 is 6.50. The van der Waals surface area contributed by atoms with E-state index in [0.717, 1.165) is 24.2 Å². The molecule has 3 heterocycles. The van der Waals surface area contributed by atoms with Crippen molar-refractivity contribution in [3.8, 4) is 0 Å². The van der Waals surface area contributed by atoms with E-state index < -0.39 is 5.97 Å². The maximum atomic E-state index is 12.2. The number of carbonyl (C=O) groups excluding carboxylic acids is 2. The highest BCUT2D eigenvalue weighted by molar-refractivity contribution is 5.81. The minimum atomic E-state index is -0.455. The van der Waals surface area contributed by atoms with Gasteiger partial charge in [0.05, 0.1) is 12.8 Å². The summed E-state index contributed by atoms with van der Waals surface area (Å²) in [6.07, 6.45) is 8.16. The number of fused-ring (bicyclic) bond motifs is 3. The van der Waals surface area contributed by atoms with Gasteiger partial charge in [0.25, 0.3) is 0 Å². The first-order chi connectivity index (χ1) is 13.2. The molecule has 1 saturated heterocycles. The van der Waals surface area contributed by atoms with E-state index in [1.165, 1.54) is 31.2 Å². The van der Waals surface area contributed by atoms with Crippen molar-refractivity contribution in [3.05, 3.63) is 23.7 Å². The quantitative estimate of drug-likeness (QED) is 0.794. The molecule has 1 aliphatic carbocycles. The summed E-state index contributed by atoms with van der Waals surface area (Å²) in [6, 6.07) is -0.243. The number of urea groups is 1. The molecule has 27 heavy (non-hydrogen) atoms. The number of rotatable bonds is 3. The smallest absolute Gasteiger partial charge is 0.325 e. The topological polar surface area (TPSA) is 92.1 Å². The Balaban J connectivity index is 1.46. The molecule has 1 aliphatic heterocycles. The van der Waals surface area contributed by atoms with E-state index >= 15 is 0 Å². The van der Waals surface area contributed by atoms with Gasteiger partial charge in [-0.3, -0.25) is 4.79 Å². The molecule has 1 N–H and O–H groups in total. The fourth-order valence-electron chi connectivity index (χ4n) is 3.83. The van der Waals surface area contributed by atoms with Crippen molar-refractivity contribution >= 4 is 23.3 Å². The minimum Gasteiger partial charge on any atom is -0.468 e. The summed E-state index contributed by atoms with van der Waals surface area (Å²) in [7, 11) is 1.30. The zero-order valence-corrected chi connectivity index (χ0v) is 15.5. The highest BCUT2D eigenvalue weighted by atomic mass is 16.5. The number of methoxy groups -OCH3 is 1. The third kappa shape index (κ3) is 3.41. The second kappa shape index (κ2) is 7.42. The number of carbonyl (C=O) groups is 2. The third-order valence-corrected chi connectivity index (χ3v) is 5.28. The van der Waals surface area contributed by atoms with E-state index in [9.17, 15) is 9.59 Å². The molecule has 2 aromatic rings. The highest BCUT2D eigenvalue weighted by Gasteiger charge is 2.26. The molecule has 0 atom stereocenters. The van der Waals surface area contributed by atoms with Crippen molar-refractivity contribution in [1.82, 2.24) is 24.8 Å². The highest BCUT2D eigenvalue weighted by Crippen LogP contribution is 2.30. The molecular formula is C18H24N6O3. The van der Waals surface area contributed by atoms with Crippen LogP contribution in [0, 0.1) is 0 Å². The van der Waals surface area contributed by atoms with Crippen LogP contribution >= 0.6 is 0 Å². The Hall–Kier alpha value is -2.84. The van der Waals surface area contributed by atoms with Crippen LogP contribution in [0.4, 0.5) is 10.6 Å². The van der Waals surface area contributed by atoms with Crippen LogP contribution in [-0.2, 0) is 22.4 Å². The van der Waals surface area contributed by atoms with E-state index in [4.69, 9.17) is 5.10 Å². The number of hydrogen-bond acceptors (Lipinski definition) is 6. The molecule has 1 fully saturated rings. The summed E-state index contributed by atoms with van der Waals surface area (Å²) in [6.45, 7) is 2.42. The average Bonchev–Trinajstić information content (AvgIpc) is 3.10. The molecule has 4 rings (SSSR count). The van der Waals surface area contributed by atoms with Gasteiger partial charge in [-0.05, 0) is 25.7 Å². The summed E-state index contributed by atoms with van der Waals surface area (Å²) in [5.74, 6) is 0.492. The van der Waals surface area contributed by atoms with Crippen LogP contribution in [0.2, 0.25) is 0 Å². The van der Waals surface area contributed by atoms with Crippen LogP contribution in [0.15, 0.2) is 12.4 Å². The van der Waals surface area contributed by atoms with Gasteiger partial charge in [0, 0.05) is 44.1 Å². The summed E-state index contributed by atoms with van der Waals surface area (Å²) >= 11 is 0. The Morgan fingerprint density at radius 3 is 2.74 bits per heavy atom. The molecule has 0 saturated carbocycles. The lowest BCUT2D eigenvalue weighted by atomic mass is 9.97. The Labute approximate surface area is 157 Å². The molecular weight excluding hydrogens is 348 g/mol. The summed E-state index contributed by atoms with van der Waals surface area (Å²) in [5.41, 5.74) is 3.62. The maximum Gasteiger partial charge on any atom is 0.325 e. The Kier molecular flexibility index (Phi) is 4.83. The molecule has 9 nitrogen and oxygen atoms in total. The average molecular weight is 372 g/mol. The molecule has 0 aromatic carbocycles. The van der Waals surface area contributed by atoms with Crippen molar-refractivity contribution < 1.29 is 14.3 Å². The number of anilines is 1. The third-order valence-electron chi connectivity index (χ3n) is 5.28. The maximum absolute atomic E-state index is 12.2. The number of aromatic nitrogens is 3. The second-order valence-corrected chi connectivity index (χ2v) is 6.89. The number of hydrogen-bond donors (Lipinski definition) is 1. The Morgan fingerprint density at radius 2 is 1.96 bits per heavy atom. The van der Waals surface area contributed by atoms with Crippen LogP contribution in [0.1, 0.15) is 24.1 Å². The van der Waals surface area contributed by atoms with Crippen LogP contribution in [-0.4, -0.2) is 71.3 Å². The van der Waals surface area contributed by atoms with E-state index in [2.05, 4.69) is 19.9 Å². The summed E-state index contributed by atoms with van der Waals surface area (Å²) in [4.78, 5) is 31.9. The second-order valence-electron chi connectivity index (χ2n) is 6.89. The SMILES string of the molecule is COC(=O)CNC(=O)N1CCN(c2nccn3nc4c(c23)CCCC4)CC1. The molecule has 9 heteroatoms. The zero-order chi connectivity index (χ0) is 18.8. The zero-order valence-electron chi connectivity index (χ0n) is 15.5. The van der Waals surface area contributed by atoms with Gasteiger partial charge in [-0.2, -0.15) is 5.10 Å². The molecule has 144 valence electrons. The monoisotopic (exact) mass is 372 g/mol. The molecule has 0 unspecified atom stereocenters. The molecule has 0 spiro atoms. The first-order valence-electron chi connectivity index (χ1n) is 9.37. The standard InChI is InChI=1S/C18H24N6O3/c1-27-15(25)12-20-18(26)23-10-8-22(9-11-23)17-16-13-4-2-3-5-14(13)21-24(16)7-6-19-17/h6-7H,2-5,8-12H2,1H3,(H,20,26). The van der Waals surface area contributed by atoms with Gasteiger partial charge in [-0.15, -0.1) is 0 Å². The van der Waals surface area contributed by atoms with Gasteiger partial charge < -0.3 is 19.9 Å². The Bertz CT molecular complexity index is 856. The van der Waals surface area contributed by atoms with Crippen molar-refractivity contribution in [2.75, 3.05) is 44.7 Å². The van der Waals surface area contributed by atoms with Crippen LogP contribution in [0.3, 0.4) is 0 Å². The van der Waals surface area contributed by atoms with Crippen LogP contribution in [0.5, 0.6) is 0 Å². The lowest BCUT2D eigenvalue weighted by Crippen LogP contribution is -2.52. The number of piperazine rings is 1. The fraction of sp³-hybridized carbons (Fsp3) is 0.556. The van der Waals surface area contributed by atoms with Gasteiger partial charge in [0.1, 0.15) is 12.1 Å². The van der Waals surface area contributed by atoms with E-state index in [1.807, 2.05) is 10.7 Å². The largest absolute Gasteiger partial charge is 0.468 e. The first-order valence-corrected chi connectivity index (χ1v) is 9.37. The number of nitrogens with one attached hydrogen (secondary N) is 1. The molecule has 2 amide bonds. The number of esters is 1. The molecule has 0 radical (unpaired) electrons. The van der Waals surface area contributed by atoms with Gasteiger partial charge in [0.15, 0.2) is 5.82 Å².